The highest BCUT2D eigenvalue weighted by atomic mass is 19.3. The van der Waals surface area contributed by atoms with Crippen molar-refractivity contribution in [1.29, 1.82) is 0 Å². The van der Waals surface area contributed by atoms with Gasteiger partial charge in [0.1, 0.15) is 5.70 Å². The van der Waals surface area contributed by atoms with E-state index in [1.807, 2.05) is 38.1 Å². The highest BCUT2D eigenvalue weighted by Gasteiger charge is 2.46. The third-order valence-corrected chi connectivity index (χ3v) is 5.80. The van der Waals surface area contributed by atoms with Crippen LogP contribution in [0.1, 0.15) is 39.2 Å². The highest BCUT2D eigenvalue weighted by molar-refractivity contribution is 6.18. The Balaban J connectivity index is 2.26. The Kier molecular flexibility index (Phi) is 9.91. The van der Waals surface area contributed by atoms with Gasteiger partial charge in [0.25, 0.3) is 11.8 Å². The minimum Gasteiger partial charge on any atom is -0.394 e. The summed E-state index contributed by atoms with van der Waals surface area (Å²) in [6, 6.07) is 8.65. The van der Waals surface area contributed by atoms with Crippen LogP contribution in [0.2, 0.25) is 0 Å². The van der Waals surface area contributed by atoms with E-state index >= 15 is 0 Å². The molecule has 180 valence electrons. The average Bonchev–Trinajstić information content (AvgIpc) is 2.80. The van der Waals surface area contributed by atoms with Crippen molar-refractivity contribution in [2.75, 3.05) is 26.8 Å². The molecule has 0 spiro atoms. The molecule has 1 fully saturated rings. The van der Waals surface area contributed by atoms with Crippen molar-refractivity contribution in [2.24, 2.45) is 21.6 Å². The summed E-state index contributed by atoms with van der Waals surface area (Å²) in [6.07, 6.45) is 5.88. The van der Waals surface area contributed by atoms with Crippen LogP contribution < -0.4 is 11.1 Å². The van der Waals surface area contributed by atoms with E-state index in [0.29, 0.717) is 24.4 Å². The molecule has 0 aliphatic carbocycles. The topological polar surface area (TPSA) is 83.1 Å². The van der Waals surface area contributed by atoms with Crippen LogP contribution in [-0.4, -0.2) is 62.0 Å². The zero-order valence-electron chi connectivity index (χ0n) is 19.9. The van der Waals surface area contributed by atoms with E-state index in [0.717, 1.165) is 12.0 Å². The second kappa shape index (κ2) is 12.4. The largest absolute Gasteiger partial charge is 0.394 e. The van der Waals surface area contributed by atoms with Gasteiger partial charge in [0, 0.05) is 44.1 Å². The lowest BCUT2D eigenvalue weighted by Crippen LogP contribution is -2.59. The van der Waals surface area contributed by atoms with E-state index in [4.69, 9.17) is 5.73 Å². The van der Waals surface area contributed by atoms with Gasteiger partial charge in [-0.05, 0) is 30.4 Å². The van der Waals surface area contributed by atoms with Crippen molar-refractivity contribution in [3.05, 3.63) is 53.2 Å². The molecule has 0 saturated carbocycles. The first kappa shape index (κ1) is 26.4. The minimum absolute atomic E-state index is 0.0969. The number of likely N-dealkylation sites (tertiary alicyclic amines) is 1. The standard InChI is InChI=1S/C25H35F2N5O/c1-5-19(6-2)13-30-17-31-15-22-18(3)12-25(26,27)16-32(22)24(33)23(28)21(14-29-4)20-10-8-7-9-11-20/h5,7-11,13-14,18,22,31H,6,12,15-17,28H2,1-4H3/b19-5-,23-21?,29-14?,30-13?/t18?,22-/m1/s1. The Morgan fingerprint density at radius 3 is 2.61 bits per heavy atom. The molecule has 2 rings (SSSR count). The number of nitrogens with zero attached hydrogens (tertiary/aromatic N) is 3. The molecule has 1 aromatic carbocycles. The van der Waals surface area contributed by atoms with Crippen LogP contribution in [0.15, 0.2) is 57.7 Å². The molecule has 1 saturated heterocycles. The van der Waals surface area contributed by atoms with Gasteiger partial charge in [-0.1, -0.05) is 50.3 Å². The fraction of sp³-hybridized carbons (Fsp3) is 0.480. The molecular formula is C25H35F2N5O. The number of aliphatic imine (C=N–C) groups is 2. The molecule has 1 unspecified atom stereocenters. The van der Waals surface area contributed by atoms with Gasteiger partial charge < -0.3 is 10.6 Å². The first-order chi connectivity index (χ1) is 15.7. The van der Waals surface area contributed by atoms with Crippen molar-refractivity contribution in [2.45, 2.75) is 45.6 Å². The van der Waals surface area contributed by atoms with Crippen molar-refractivity contribution >= 4 is 23.9 Å². The summed E-state index contributed by atoms with van der Waals surface area (Å²) in [5.41, 5.74) is 8.38. The van der Waals surface area contributed by atoms with E-state index in [1.165, 1.54) is 11.1 Å². The molecule has 6 nitrogen and oxygen atoms in total. The molecule has 2 atom stereocenters. The maximum Gasteiger partial charge on any atom is 0.270 e. The van der Waals surface area contributed by atoms with Crippen molar-refractivity contribution in [3.63, 3.8) is 0 Å². The lowest BCUT2D eigenvalue weighted by Gasteiger charge is -2.43. The van der Waals surface area contributed by atoms with Crippen molar-refractivity contribution in [3.8, 4) is 0 Å². The fourth-order valence-electron chi connectivity index (χ4n) is 4.01. The number of halogens is 2. The number of amides is 1. The van der Waals surface area contributed by atoms with E-state index in [9.17, 15) is 13.6 Å². The summed E-state index contributed by atoms with van der Waals surface area (Å²) in [6.45, 7) is 5.75. The number of rotatable bonds is 9. The molecule has 1 amide bonds. The highest BCUT2D eigenvalue weighted by Crippen LogP contribution is 2.35. The number of alkyl halides is 2. The monoisotopic (exact) mass is 459 g/mol. The Morgan fingerprint density at radius 1 is 1.30 bits per heavy atom. The van der Waals surface area contributed by atoms with Gasteiger partial charge in [-0.2, -0.15) is 0 Å². The number of hydrogen-bond donors (Lipinski definition) is 2. The molecule has 0 aromatic heterocycles. The van der Waals surface area contributed by atoms with Gasteiger partial charge >= 0.3 is 0 Å². The van der Waals surface area contributed by atoms with E-state index < -0.39 is 30.3 Å². The fourth-order valence-corrected chi connectivity index (χ4v) is 4.01. The van der Waals surface area contributed by atoms with Gasteiger partial charge in [0.05, 0.1) is 13.2 Å². The molecule has 1 heterocycles. The maximum atomic E-state index is 14.5. The number of piperidine rings is 1. The summed E-state index contributed by atoms with van der Waals surface area (Å²) in [5, 5.41) is 3.18. The molecule has 1 aromatic rings. The molecule has 0 bridgehead atoms. The number of hydrogen-bond acceptors (Lipinski definition) is 5. The third kappa shape index (κ3) is 7.32. The van der Waals surface area contributed by atoms with Crippen LogP contribution in [0.3, 0.4) is 0 Å². The Hall–Kier alpha value is -2.87. The predicted octanol–water partition coefficient (Wildman–Crippen LogP) is 3.90. The first-order valence-corrected chi connectivity index (χ1v) is 11.3. The van der Waals surface area contributed by atoms with Crippen LogP contribution in [0.4, 0.5) is 8.78 Å². The van der Waals surface area contributed by atoms with Gasteiger partial charge in [0.15, 0.2) is 0 Å². The predicted molar refractivity (Wildman–Crippen MR) is 132 cm³/mol. The molecule has 1 aliphatic heterocycles. The number of allylic oxidation sites excluding steroid dienone is 3. The number of carbonyl (C=O) groups excluding carboxylic acids is 1. The van der Waals surface area contributed by atoms with Crippen LogP contribution >= 0.6 is 0 Å². The van der Waals surface area contributed by atoms with Crippen LogP contribution in [0, 0.1) is 5.92 Å². The molecule has 3 N–H and O–H groups in total. The van der Waals surface area contributed by atoms with Gasteiger partial charge in [-0.3, -0.25) is 20.1 Å². The molecule has 1 aliphatic rings. The zero-order valence-corrected chi connectivity index (χ0v) is 19.9. The van der Waals surface area contributed by atoms with E-state index in [2.05, 4.69) is 15.3 Å². The zero-order chi connectivity index (χ0) is 24.4. The van der Waals surface area contributed by atoms with Crippen LogP contribution in [0.5, 0.6) is 0 Å². The van der Waals surface area contributed by atoms with Gasteiger partial charge in [0.2, 0.25) is 0 Å². The Morgan fingerprint density at radius 2 is 2.00 bits per heavy atom. The van der Waals surface area contributed by atoms with Gasteiger partial charge in [-0.15, -0.1) is 0 Å². The Bertz CT molecular complexity index is 909. The molecule has 33 heavy (non-hydrogen) atoms. The van der Waals surface area contributed by atoms with Crippen LogP contribution in [-0.2, 0) is 4.79 Å². The average molecular weight is 460 g/mol. The smallest absolute Gasteiger partial charge is 0.270 e. The number of nitrogens with one attached hydrogen (secondary N) is 1. The normalized spacial score (nSPS) is 22.1. The van der Waals surface area contributed by atoms with Crippen molar-refractivity contribution in [1.82, 2.24) is 10.2 Å². The summed E-state index contributed by atoms with van der Waals surface area (Å²) >= 11 is 0. The van der Waals surface area contributed by atoms with E-state index in [-0.39, 0.29) is 12.1 Å². The third-order valence-electron chi connectivity index (χ3n) is 5.80. The molecule has 0 radical (unpaired) electrons. The minimum atomic E-state index is -2.97. The molecular weight excluding hydrogens is 424 g/mol. The lowest BCUT2D eigenvalue weighted by atomic mass is 9.88. The number of nitrogens with two attached hydrogens (primary N) is 1. The summed E-state index contributed by atoms with van der Waals surface area (Å²) < 4.78 is 28.9. The Labute approximate surface area is 195 Å². The maximum absolute atomic E-state index is 14.5. The van der Waals surface area contributed by atoms with E-state index in [1.54, 1.807) is 32.3 Å². The number of benzene rings is 1. The summed E-state index contributed by atoms with van der Waals surface area (Å²) in [5.74, 6) is -4.00. The summed E-state index contributed by atoms with van der Waals surface area (Å²) in [4.78, 5) is 22.9. The van der Waals surface area contributed by atoms with Gasteiger partial charge in [-0.25, -0.2) is 8.78 Å². The second-order valence-electron chi connectivity index (χ2n) is 8.26. The van der Waals surface area contributed by atoms with Crippen molar-refractivity contribution < 1.29 is 13.6 Å². The number of carbonyl (C=O) groups is 1. The summed E-state index contributed by atoms with van der Waals surface area (Å²) in [7, 11) is 1.57. The molecule has 8 heteroatoms. The second-order valence-corrected chi connectivity index (χ2v) is 8.26. The quantitative estimate of drug-likeness (QED) is 0.334. The van der Waals surface area contributed by atoms with Crippen LogP contribution in [0.25, 0.3) is 5.57 Å². The lowest BCUT2D eigenvalue weighted by molar-refractivity contribution is -0.148. The first-order valence-electron chi connectivity index (χ1n) is 11.3. The SMILES string of the molecule is C/C=C(\C=NCNC[C@@H]1C(C)CC(F)(F)CN1C(=O)C(N)=C(C=NC)c1ccccc1)CC.